The van der Waals surface area contributed by atoms with E-state index in [1.165, 1.54) is 12.1 Å². The van der Waals surface area contributed by atoms with Crippen molar-refractivity contribution in [1.82, 2.24) is 10.3 Å². The van der Waals surface area contributed by atoms with E-state index in [1.54, 1.807) is 37.7 Å². The van der Waals surface area contributed by atoms with Crippen LogP contribution in [-0.2, 0) is 13.1 Å². The third-order valence-corrected chi connectivity index (χ3v) is 4.67. The number of rotatable bonds is 7. The van der Waals surface area contributed by atoms with Crippen molar-refractivity contribution in [3.05, 3.63) is 64.9 Å². The van der Waals surface area contributed by atoms with Crippen molar-refractivity contribution in [2.75, 3.05) is 14.2 Å². The van der Waals surface area contributed by atoms with E-state index in [2.05, 4.69) is 10.3 Å². The summed E-state index contributed by atoms with van der Waals surface area (Å²) in [5.41, 5.74) is 2.99. The number of nitrogens with one attached hydrogen (secondary N) is 1. The fourth-order valence-electron chi connectivity index (χ4n) is 2.44. The molecule has 1 N–H and O–H groups in total. The van der Waals surface area contributed by atoms with Gasteiger partial charge < -0.3 is 14.8 Å². The van der Waals surface area contributed by atoms with Gasteiger partial charge in [0.2, 0.25) is 0 Å². The van der Waals surface area contributed by atoms with Crippen molar-refractivity contribution in [3.63, 3.8) is 0 Å². The summed E-state index contributed by atoms with van der Waals surface area (Å²) >= 11 is 1.56. The van der Waals surface area contributed by atoms with Gasteiger partial charge in [0, 0.05) is 24.0 Å². The summed E-state index contributed by atoms with van der Waals surface area (Å²) in [6.07, 6.45) is 0. The standard InChI is InChI=1S/C19H19FN2O2S/c1-23-17-8-3-13(9-18(17)24-2)10-21-11-16-12-25-19(22-16)14-4-6-15(20)7-5-14/h3-9,12,21H,10-11H2,1-2H3. The molecule has 0 aliphatic rings. The second-order valence-corrected chi connectivity index (χ2v) is 6.30. The van der Waals surface area contributed by atoms with Crippen LogP contribution in [0.3, 0.4) is 0 Å². The maximum Gasteiger partial charge on any atom is 0.161 e. The SMILES string of the molecule is COc1ccc(CNCc2csc(-c3ccc(F)cc3)n2)cc1OC. The number of nitrogens with zero attached hydrogens (tertiary/aromatic N) is 1. The van der Waals surface area contributed by atoms with Crippen LogP contribution in [0.2, 0.25) is 0 Å². The van der Waals surface area contributed by atoms with Gasteiger partial charge >= 0.3 is 0 Å². The van der Waals surface area contributed by atoms with Crippen LogP contribution in [0, 0.1) is 5.82 Å². The molecule has 3 aromatic rings. The van der Waals surface area contributed by atoms with Crippen LogP contribution in [0.15, 0.2) is 47.8 Å². The first kappa shape index (κ1) is 17.4. The molecule has 0 amide bonds. The minimum Gasteiger partial charge on any atom is -0.493 e. The van der Waals surface area contributed by atoms with E-state index >= 15 is 0 Å². The third-order valence-electron chi connectivity index (χ3n) is 3.73. The molecule has 0 bridgehead atoms. The van der Waals surface area contributed by atoms with E-state index in [-0.39, 0.29) is 5.82 Å². The second-order valence-electron chi connectivity index (χ2n) is 5.44. The molecule has 0 saturated heterocycles. The van der Waals surface area contributed by atoms with E-state index in [4.69, 9.17) is 9.47 Å². The van der Waals surface area contributed by atoms with Gasteiger partial charge in [-0.15, -0.1) is 11.3 Å². The van der Waals surface area contributed by atoms with Crippen LogP contribution in [0.4, 0.5) is 4.39 Å². The van der Waals surface area contributed by atoms with Crippen LogP contribution >= 0.6 is 11.3 Å². The van der Waals surface area contributed by atoms with Crippen LogP contribution < -0.4 is 14.8 Å². The first-order valence-electron chi connectivity index (χ1n) is 7.81. The molecule has 0 spiro atoms. The molecule has 3 rings (SSSR count). The molecule has 1 aromatic heterocycles. The Hall–Kier alpha value is -2.44. The maximum atomic E-state index is 13.0. The average molecular weight is 358 g/mol. The van der Waals surface area contributed by atoms with Crippen molar-refractivity contribution in [2.24, 2.45) is 0 Å². The van der Waals surface area contributed by atoms with Gasteiger partial charge in [0.1, 0.15) is 10.8 Å². The lowest BCUT2D eigenvalue weighted by Crippen LogP contribution is -2.13. The summed E-state index contributed by atoms with van der Waals surface area (Å²) in [6, 6.07) is 12.2. The van der Waals surface area contributed by atoms with Gasteiger partial charge in [-0.1, -0.05) is 6.07 Å². The van der Waals surface area contributed by atoms with Gasteiger partial charge in [0.05, 0.1) is 19.9 Å². The van der Waals surface area contributed by atoms with Crippen LogP contribution in [0.5, 0.6) is 11.5 Å². The molecule has 25 heavy (non-hydrogen) atoms. The molecule has 0 unspecified atom stereocenters. The maximum absolute atomic E-state index is 13.0. The fraction of sp³-hybridized carbons (Fsp3) is 0.211. The first-order chi connectivity index (χ1) is 12.2. The highest BCUT2D eigenvalue weighted by atomic mass is 32.1. The van der Waals surface area contributed by atoms with E-state index in [0.29, 0.717) is 18.8 Å². The van der Waals surface area contributed by atoms with Gasteiger partial charge in [-0.05, 0) is 42.0 Å². The Bertz CT molecular complexity index is 834. The normalized spacial score (nSPS) is 10.7. The number of benzene rings is 2. The minimum atomic E-state index is -0.239. The molecular formula is C19H19FN2O2S. The predicted molar refractivity (Wildman–Crippen MR) is 97.6 cm³/mol. The van der Waals surface area contributed by atoms with Crippen molar-refractivity contribution in [1.29, 1.82) is 0 Å². The van der Waals surface area contributed by atoms with Crippen LogP contribution in [-0.4, -0.2) is 19.2 Å². The second kappa shape index (κ2) is 8.09. The lowest BCUT2D eigenvalue weighted by molar-refractivity contribution is 0.354. The molecule has 0 aliphatic heterocycles. The summed E-state index contributed by atoms with van der Waals surface area (Å²) in [5.74, 6) is 1.20. The first-order valence-corrected chi connectivity index (χ1v) is 8.69. The van der Waals surface area contributed by atoms with Gasteiger partial charge in [0.25, 0.3) is 0 Å². The quantitative estimate of drug-likeness (QED) is 0.685. The number of aromatic nitrogens is 1. The Labute approximate surface area is 150 Å². The molecule has 0 fully saturated rings. The topological polar surface area (TPSA) is 43.4 Å². The lowest BCUT2D eigenvalue weighted by Gasteiger charge is -2.10. The van der Waals surface area contributed by atoms with Gasteiger partial charge in [0.15, 0.2) is 11.5 Å². The number of thiazole rings is 1. The summed E-state index contributed by atoms with van der Waals surface area (Å²) in [5, 5.41) is 6.27. The smallest absolute Gasteiger partial charge is 0.161 e. The number of methoxy groups -OCH3 is 2. The molecule has 0 radical (unpaired) electrons. The van der Waals surface area contributed by atoms with Gasteiger partial charge in [-0.3, -0.25) is 0 Å². The van der Waals surface area contributed by atoms with E-state index in [1.807, 2.05) is 23.6 Å². The van der Waals surface area contributed by atoms with E-state index < -0.39 is 0 Å². The molecule has 0 atom stereocenters. The summed E-state index contributed by atoms with van der Waals surface area (Å²) in [7, 11) is 3.25. The fourth-order valence-corrected chi connectivity index (χ4v) is 3.26. The Morgan fingerprint density at radius 3 is 2.48 bits per heavy atom. The molecule has 130 valence electrons. The van der Waals surface area contributed by atoms with Gasteiger partial charge in [-0.25, -0.2) is 9.37 Å². The summed E-state index contributed by atoms with van der Waals surface area (Å²) in [6.45, 7) is 1.36. The highest BCUT2D eigenvalue weighted by Crippen LogP contribution is 2.27. The Morgan fingerprint density at radius 1 is 1.00 bits per heavy atom. The largest absolute Gasteiger partial charge is 0.493 e. The van der Waals surface area contributed by atoms with Crippen molar-refractivity contribution in [2.45, 2.75) is 13.1 Å². The van der Waals surface area contributed by atoms with E-state index in [0.717, 1.165) is 27.6 Å². The minimum absolute atomic E-state index is 0.239. The lowest BCUT2D eigenvalue weighted by atomic mass is 10.2. The number of hydrogen-bond donors (Lipinski definition) is 1. The monoisotopic (exact) mass is 358 g/mol. The van der Waals surface area contributed by atoms with Crippen LogP contribution in [0.25, 0.3) is 10.6 Å². The number of ether oxygens (including phenoxy) is 2. The van der Waals surface area contributed by atoms with Crippen molar-refractivity contribution in [3.8, 4) is 22.1 Å². The highest BCUT2D eigenvalue weighted by molar-refractivity contribution is 7.13. The Morgan fingerprint density at radius 2 is 1.76 bits per heavy atom. The molecule has 6 heteroatoms. The summed E-state index contributed by atoms with van der Waals surface area (Å²) in [4.78, 5) is 4.59. The zero-order valence-corrected chi connectivity index (χ0v) is 14.9. The van der Waals surface area contributed by atoms with Crippen LogP contribution in [0.1, 0.15) is 11.3 Å². The molecule has 0 saturated carbocycles. The third kappa shape index (κ3) is 4.35. The van der Waals surface area contributed by atoms with E-state index in [9.17, 15) is 4.39 Å². The average Bonchev–Trinajstić information content (AvgIpc) is 3.11. The number of hydrogen-bond acceptors (Lipinski definition) is 5. The molecule has 1 heterocycles. The summed E-state index contributed by atoms with van der Waals surface area (Å²) < 4.78 is 23.5. The predicted octanol–water partition coefficient (Wildman–Crippen LogP) is 4.26. The molecule has 2 aromatic carbocycles. The number of halogens is 1. The zero-order valence-electron chi connectivity index (χ0n) is 14.1. The Kier molecular flexibility index (Phi) is 5.63. The van der Waals surface area contributed by atoms with Crippen molar-refractivity contribution < 1.29 is 13.9 Å². The zero-order chi connectivity index (χ0) is 17.6. The molecule has 4 nitrogen and oxygen atoms in total. The molecule has 0 aliphatic carbocycles. The van der Waals surface area contributed by atoms with Gasteiger partial charge in [-0.2, -0.15) is 0 Å². The molecular weight excluding hydrogens is 339 g/mol. The highest BCUT2D eigenvalue weighted by Gasteiger charge is 2.07. The Balaban J connectivity index is 1.58. The van der Waals surface area contributed by atoms with Crippen molar-refractivity contribution >= 4 is 11.3 Å².